The van der Waals surface area contributed by atoms with Crippen LogP contribution in [0.2, 0.25) is 0 Å². The van der Waals surface area contributed by atoms with Crippen molar-refractivity contribution < 1.29 is 19.1 Å². The number of aromatic nitrogens is 1. The van der Waals surface area contributed by atoms with Gasteiger partial charge in [-0.1, -0.05) is 13.8 Å². The average molecular weight is 269 g/mol. The molecule has 0 aromatic carbocycles. The lowest BCUT2D eigenvalue weighted by Crippen LogP contribution is -2.44. The highest BCUT2D eigenvalue weighted by molar-refractivity contribution is 5.82. The molecule has 7 heteroatoms. The van der Waals surface area contributed by atoms with E-state index in [2.05, 4.69) is 10.3 Å². The van der Waals surface area contributed by atoms with Gasteiger partial charge in [0, 0.05) is 13.0 Å². The topological polar surface area (TPSA) is 95.7 Å². The molecular formula is C12H19N3O4. The third-order valence-corrected chi connectivity index (χ3v) is 2.52. The molecule has 0 saturated carbocycles. The predicted octanol–water partition coefficient (Wildman–Crippen LogP) is 1.41. The quantitative estimate of drug-likeness (QED) is 0.842. The van der Waals surface area contributed by atoms with Crippen molar-refractivity contribution in [3.05, 3.63) is 17.8 Å². The van der Waals surface area contributed by atoms with Crippen molar-refractivity contribution in [2.75, 3.05) is 7.05 Å². The first-order valence-electron chi connectivity index (χ1n) is 6.00. The van der Waals surface area contributed by atoms with Crippen LogP contribution in [0.3, 0.4) is 0 Å². The van der Waals surface area contributed by atoms with Crippen molar-refractivity contribution in [1.29, 1.82) is 0 Å². The Morgan fingerprint density at radius 2 is 2.11 bits per heavy atom. The molecule has 106 valence electrons. The van der Waals surface area contributed by atoms with Gasteiger partial charge in [0.25, 0.3) is 0 Å². The summed E-state index contributed by atoms with van der Waals surface area (Å²) < 4.78 is 5.26. The molecule has 0 radical (unpaired) electrons. The molecule has 0 aliphatic rings. The van der Waals surface area contributed by atoms with Crippen LogP contribution in [0.15, 0.2) is 10.7 Å². The molecule has 19 heavy (non-hydrogen) atoms. The number of carbonyl (C=O) groups is 2. The number of hydrogen-bond acceptors (Lipinski definition) is 4. The summed E-state index contributed by atoms with van der Waals surface area (Å²) in [6.07, 6.45) is 1.50. The number of nitrogens with zero attached hydrogens (tertiary/aromatic N) is 2. The van der Waals surface area contributed by atoms with Crippen LogP contribution < -0.4 is 5.32 Å². The maximum Gasteiger partial charge on any atom is 0.325 e. The molecule has 2 amide bonds. The summed E-state index contributed by atoms with van der Waals surface area (Å²) in [7, 11) is 1.56. The lowest BCUT2D eigenvalue weighted by molar-refractivity contribution is -0.138. The minimum atomic E-state index is -1.08. The van der Waals surface area contributed by atoms with Gasteiger partial charge in [0.15, 0.2) is 5.89 Å². The molecular weight excluding hydrogens is 250 g/mol. The van der Waals surface area contributed by atoms with Gasteiger partial charge in [0.05, 0.1) is 12.2 Å². The number of oxazole rings is 1. The first kappa shape index (κ1) is 15.0. The molecule has 0 aliphatic carbocycles. The van der Waals surface area contributed by atoms with Crippen molar-refractivity contribution in [1.82, 2.24) is 15.2 Å². The molecule has 0 unspecified atom stereocenters. The Bertz CT molecular complexity index is 456. The Kier molecular flexibility index (Phi) is 4.91. The number of carbonyl (C=O) groups excluding carboxylic acids is 1. The van der Waals surface area contributed by atoms with Crippen molar-refractivity contribution in [2.24, 2.45) is 0 Å². The van der Waals surface area contributed by atoms with Gasteiger partial charge >= 0.3 is 12.0 Å². The van der Waals surface area contributed by atoms with E-state index in [0.717, 1.165) is 0 Å². The van der Waals surface area contributed by atoms with Gasteiger partial charge in [-0.15, -0.1) is 0 Å². The maximum absolute atomic E-state index is 11.7. The Morgan fingerprint density at radius 1 is 1.47 bits per heavy atom. The molecule has 1 aromatic heterocycles. The van der Waals surface area contributed by atoms with Crippen molar-refractivity contribution in [3.63, 3.8) is 0 Å². The number of nitrogens with one attached hydrogen (secondary N) is 1. The summed E-state index contributed by atoms with van der Waals surface area (Å²) in [6.45, 7) is 5.58. The van der Waals surface area contributed by atoms with E-state index in [1.54, 1.807) is 7.05 Å². The Morgan fingerprint density at radius 3 is 2.58 bits per heavy atom. The highest BCUT2D eigenvalue weighted by atomic mass is 16.4. The second-order valence-corrected chi connectivity index (χ2v) is 4.70. The van der Waals surface area contributed by atoms with Crippen LogP contribution in [0.1, 0.15) is 38.3 Å². The normalized spacial score (nSPS) is 12.3. The molecule has 0 fully saturated rings. The Hall–Kier alpha value is -2.05. The van der Waals surface area contributed by atoms with Crippen LogP contribution in [0.5, 0.6) is 0 Å². The monoisotopic (exact) mass is 269 g/mol. The molecule has 1 heterocycles. The van der Waals surface area contributed by atoms with Crippen LogP contribution in [0.4, 0.5) is 4.79 Å². The van der Waals surface area contributed by atoms with Crippen molar-refractivity contribution >= 4 is 12.0 Å². The van der Waals surface area contributed by atoms with E-state index in [0.29, 0.717) is 11.6 Å². The van der Waals surface area contributed by atoms with Crippen LogP contribution in [-0.2, 0) is 11.3 Å². The summed E-state index contributed by atoms with van der Waals surface area (Å²) in [4.78, 5) is 27.9. The molecule has 0 bridgehead atoms. The molecule has 7 nitrogen and oxygen atoms in total. The summed E-state index contributed by atoms with van der Waals surface area (Å²) in [5, 5.41) is 11.1. The van der Waals surface area contributed by atoms with E-state index in [-0.39, 0.29) is 12.5 Å². The van der Waals surface area contributed by atoms with E-state index >= 15 is 0 Å². The first-order chi connectivity index (χ1) is 8.81. The lowest BCUT2D eigenvalue weighted by atomic mass is 10.2. The third kappa shape index (κ3) is 4.27. The van der Waals surface area contributed by atoms with Gasteiger partial charge in [0.1, 0.15) is 12.3 Å². The molecule has 0 saturated heterocycles. The van der Waals surface area contributed by atoms with Gasteiger partial charge < -0.3 is 19.7 Å². The minimum absolute atomic E-state index is 0.180. The smallest absolute Gasteiger partial charge is 0.325 e. The second kappa shape index (κ2) is 6.21. The zero-order valence-electron chi connectivity index (χ0n) is 11.5. The van der Waals surface area contributed by atoms with Crippen LogP contribution in [-0.4, -0.2) is 40.1 Å². The van der Waals surface area contributed by atoms with E-state index in [9.17, 15) is 9.59 Å². The second-order valence-electron chi connectivity index (χ2n) is 4.70. The van der Waals surface area contributed by atoms with Crippen molar-refractivity contribution in [2.45, 2.75) is 39.3 Å². The summed E-state index contributed by atoms with van der Waals surface area (Å²) in [6, 6.07) is -1.40. The number of amides is 2. The zero-order chi connectivity index (χ0) is 14.6. The largest absolute Gasteiger partial charge is 0.480 e. The first-order valence-corrected chi connectivity index (χ1v) is 6.00. The van der Waals surface area contributed by atoms with Gasteiger partial charge in [-0.05, 0) is 6.92 Å². The van der Waals surface area contributed by atoms with Crippen molar-refractivity contribution in [3.8, 4) is 0 Å². The van der Waals surface area contributed by atoms with Crippen LogP contribution in [0.25, 0.3) is 0 Å². The molecule has 2 N–H and O–H groups in total. The molecule has 1 atom stereocenters. The highest BCUT2D eigenvalue weighted by Crippen LogP contribution is 2.14. The van der Waals surface area contributed by atoms with E-state index in [4.69, 9.17) is 9.52 Å². The molecule has 0 spiro atoms. The maximum atomic E-state index is 11.7. The van der Waals surface area contributed by atoms with E-state index in [1.165, 1.54) is 18.1 Å². The predicted molar refractivity (Wildman–Crippen MR) is 67.7 cm³/mol. The zero-order valence-corrected chi connectivity index (χ0v) is 11.5. The van der Waals surface area contributed by atoms with Gasteiger partial charge in [0.2, 0.25) is 0 Å². The standard InChI is InChI=1S/C12H19N3O4/c1-7(2)10-14-9(6-19-10)5-15(4)12(18)13-8(3)11(16)17/h6-8H,5H2,1-4H3,(H,13,18)(H,16,17)/t8-/m0/s1. The van der Waals surface area contributed by atoms with E-state index in [1.807, 2.05) is 13.8 Å². The fourth-order valence-electron chi connectivity index (χ4n) is 1.33. The summed E-state index contributed by atoms with van der Waals surface area (Å²) in [5.41, 5.74) is 0.629. The fourth-order valence-corrected chi connectivity index (χ4v) is 1.33. The molecule has 1 rings (SSSR count). The Labute approximate surface area is 111 Å². The Balaban J connectivity index is 2.56. The average Bonchev–Trinajstić information content (AvgIpc) is 2.77. The minimum Gasteiger partial charge on any atom is -0.480 e. The number of carboxylic acid groups (broad SMARTS) is 1. The number of hydrogen-bond donors (Lipinski definition) is 2. The summed E-state index contributed by atoms with van der Waals surface area (Å²) >= 11 is 0. The summed E-state index contributed by atoms with van der Waals surface area (Å²) in [5.74, 6) is -0.284. The SMILES string of the molecule is CC(C)c1nc(CN(C)C(=O)N[C@@H](C)C(=O)O)co1. The fraction of sp³-hybridized carbons (Fsp3) is 0.583. The molecule has 1 aromatic rings. The van der Waals surface area contributed by atoms with Crippen LogP contribution >= 0.6 is 0 Å². The molecule has 0 aliphatic heterocycles. The highest BCUT2D eigenvalue weighted by Gasteiger charge is 2.18. The van der Waals surface area contributed by atoms with E-state index < -0.39 is 18.0 Å². The number of rotatable bonds is 5. The number of aliphatic carboxylic acids is 1. The lowest BCUT2D eigenvalue weighted by Gasteiger charge is -2.18. The van der Waals surface area contributed by atoms with Gasteiger partial charge in [-0.3, -0.25) is 4.79 Å². The number of carboxylic acids is 1. The number of urea groups is 1. The van der Waals surface area contributed by atoms with Crippen LogP contribution in [0, 0.1) is 0 Å². The van der Waals surface area contributed by atoms with Gasteiger partial charge in [-0.2, -0.15) is 0 Å². The third-order valence-electron chi connectivity index (χ3n) is 2.52. The van der Waals surface area contributed by atoms with Gasteiger partial charge in [-0.25, -0.2) is 9.78 Å².